The Balaban J connectivity index is 1.61. The largest absolute Gasteiger partial charge is 0.481 e. The molecule has 3 aromatic rings. The van der Waals surface area contributed by atoms with Crippen LogP contribution in [0.25, 0.3) is 16.8 Å². The number of nitrogens with one attached hydrogen (secondary N) is 1. The lowest BCUT2D eigenvalue weighted by molar-refractivity contribution is -0.123. The molecule has 1 aromatic carbocycles. The van der Waals surface area contributed by atoms with Crippen LogP contribution < -0.4 is 10.1 Å². The van der Waals surface area contributed by atoms with Crippen LogP contribution in [0.4, 0.5) is 0 Å². The molecule has 30 heavy (non-hydrogen) atoms. The van der Waals surface area contributed by atoms with Gasteiger partial charge >= 0.3 is 0 Å². The van der Waals surface area contributed by atoms with Crippen molar-refractivity contribution in [1.82, 2.24) is 19.9 Å². The van der Waals surface area contributed by atoms with Gasteiger partial charge in [0.2, 0.25) is 11.8 Å². The zero-order valence-electron chi connectivity index (χ0n) is 17.2. The minimum absolute atomic E-state index is 0.00295. The van der Waals surface area contributed by atoms with E-state index in [0.29, 0.717) is 30.3 Å². The molecule has 1 fully saturated rings. The number of aromatic nitrogens is 3. The van der Waals surface area contributed by atoms with E-state index in [1.54, 1.807) is 11.6 Å². The zero-order chi connectivity index (χ0) is 20.9. The number of rotatable bonds is 6. The fraction of sp³-hybridized carbons (Fsp3) is 0.391. The van der Waals surface area contributed by atoms with Crippen LogP contribution in [-0.2, 0) is 16.6 Å². The van der Waals surface area contributed by atoms with Crippen LogP contribution in [0.15, 0.2) is 30.3 Å². The molecule has 7 heteroatoms. The molecule has 1 amide bonds. The standard InChI is InChI=1S/C23H24N4O3/c1-3-12-24-22(29)23(10-11-23)21-25-20-17(7-9-19(30-2)27(20)26-21)15-4-6-16-14(13-15)5-8-18(16)28/h4,6-7,9,13H,3,5,8,10-12H2,1-2H3,(H,24,29). The number of amides is 1. The van der Waals surface area contributed by atoms with Crippen molar-refractivity contribution in [3.05, 3.63) is 47.3 Å². The second kappa shape index (κ2) is 6.93. The van der Waals surface area contributed by atoms with Gasteiger partial charge in [-0.05, 0) is 42.9 Å². The second-order valence-electron chi connectivity index (χ2n) is 8.09. The average molecular weight is 404 g/mol. The number of nitrogens with zero attached hydrogens (tertiary/aromatic N) is 3. The summed E-state index contributed by atoms with van der Waals surface area (Å²) < 4.78 is 7.17. The highest BCUT2D eigenvalue weighted by atomic mass is 16.5. The van der Waals surface area contributed by atoms with Crippen molar-refractivity contribution in [2.75, 3.05) is 13.7 Å². The van der Waals surface area contributed by atoms with E-state index in [1.807, 2.05) is 31.2 Å². The first-order valence-corrected chi connectivity index (χ1v) is 10.5. The van der Waals surface area contributed by atoms with E-state index in [-0.39, 0.29) is 11.7 Å². The summed E-state index contributed by atoms with van der Waals surface area (Å²) in [5.74, 6) is 1.30. The number of methoxy groups -OCH3 is 1. The maximum Gasteiger partial charge on any atom is 0.233 e. The smallest absolute Gasteiger partial charge is 0.233 e. The third-order valence-corrected chi connectivity index (χ3v) is 6.14. The number of carbonyl (C=O) groups is 2. The summed E-state index contributed by atoms with van der Waals surface area (Å²) in [7, 11) is 1.59. The molecule has 1 saturated carbocycles. The Morgan fingerprint density at radius 3 is 2.73 bits per heavy atom. The SMILES string of the molecule is CCCNC(=O)C1(c2nc3c(-c4ccc5c(c4)CCC5=O)ccc(OC)n3n2)CC1. The molecule has 0 spiro atoms. The quantitative estimate of drug-likeness (QED) is 0.682. The lowest BCUT2D eigenvalue weighted by Crippen LogP contribution is -2.35. The number of ketones is 1. The summed E-state index contributed by atoms with van der Waals surface area (Å²) in [6.07, 6.45) is 3.73. The van der Waals surface area contributed by atoms with Crippen LogP contribution in [0, 0.1) is 0 Å². The van der Waals surface area contributed by atoms with Crippen molar-refractivity contribution < 1.29 is 14.3 Å². The molecule has 7 nitrogen and oxygen atoms in total. The molecule has 2 aliphatic carbocycles. The van der Waals surface area contributed by atoms with E-state index in [4.69, 9.17) is 9.72 Å². The monoisotopic (exact) mass is 404 g/mol. The number of aryl methyl sites for hydroxylation is 1. The molecule has 2 aliphatic rings. The van der Waals surface area contributed by atoms with Gasteiger partial charge in [0.1, 0.15) is 5.41 Å². The molecule has 5 rings (SSSR count). The summed E-state index contributed by atoms with van der Waals surface area (Å²) in [6, 6.07) is 9.74. The molecular weight excluding hydrogens is 380 g/mol. The van der Waals surface area contributed by atoms with Gasteiger partial charge in [0, 0.05) is 30.2 Å². The van der Waals surface area contributed by atoms with E-state index in [2.05, 4.69) is 16.5 Å². The van der Waals surface area contributed by atoms with Crippen LogP contribution >= 0.6 is 0 Å². The summed E-state index contributed by atoms with van der Waals surface area (Å²) >= 11 is 0. The van der Waals surface area contributed by atoms with Crippen molar-refractivity contribution >= 4 is 17.3 Å². The number of benzene rings is 1. The number of pyridine rings is 1. The Morgan fingerprint density at radius 2 is 2.00 bits per heavy atom. The fourth-order valence-corrected chi connectivity index (χ4v) is 4.23. The Morgan fingerprint density at radius 1 is 1.20 bits per heavy atom. The highest BCUT2D eigenvalue weighted by molar-refractivity contribution is 6.01. The van der Waals surface area contributed by atoms with Gasteiger partial charge in [-0.1, -0.05) is 25.1 Å². The van der Waals surface area contributed by atoms with Crippen molar-refractivity contribution in [2.24, 2.45) is 0 Å². The van der Waals surface area contributed by atoms with Gasteiger partial charge in [-0.3, -0.25) is 9.59 Å². The Kier molecular flexibility index (Phi) is 4.34. The first kappa shape index (κ1) is 18.8. The van der Waals surface area contributed by atoms with E-state index >= 15 is 0 Å². The van der Waals surface area contributed by atoms with Crippen LogP contribution in [0.5, 0.6) is 5.88 Å². The molecule has 154 valence electrons. The van der Waals surface area contributed by atoms with E-state index in [1.165, 1.54) is 0 Å². The third-order valence-electron chi connectivity index (χ3n) is 6.14. The zero-order valence-corrected chi connectivity index (χ0v) is 17.2. The Labute approximate surface area is 174 Å². The van der Waals surface area contributed by atoms with Crippen LogP contribution in [-0.4, -0.2) is 39.9 Å². The number of hydrogen-bond acceptors (Lipinski definition) is 5. The Hall–Kier alpha value is -3.22. The Bertz CT molecular complexity index is 1180. The second-order valence-corrected chi connectivity index (χ2v) is 8.09. The van der Waals surface area contributed by atoms with Crippen LogP contribution in [0.1, 0.15) is 54.4 Å². The highest BCUT2D eigenvalue weighted by Crippen LogP contribution is 2.47. The van der Waals surface area contributed by atoms with Gasteiger partial charge in [-0.25, -0.2) is 4.98 Å². The topological polar surface area (TPSA) is 85.6 Å². The number of carbonyl (C=O) groups excluding carboxylic acids is 2. The molecular formula is C23H24N4O3. The van der Waals surface area contributed by atoms with Gasteiger partial charge < -0.3 is 10.1 Å². The molecule has 0 unspecified atom stereocenters. The molecule has 2 aromatic heterocycles. The third kappa shape index (κ3) is 2.80. The molecule has 0 saturated heterocycles. The van der Waals surface area contributed by atoms with Crippen molar-refractivity contribution in [3.8, 4) is 17.0 Å². The van der Waals surface area contributed by atoms with Gasteiger partial charge in [-0.2, -0.15) is 4.52 Å². The number of hydrogen-bond donors (Lipinski definition) is 1. The minimum Gasteiger partial charge on any atom is -0.481 e. The van der Waals surface area contributed by atoms with Crippen molar-refractivity contribution in [3.63, 3.8) is 0 Å². The fourth-order valence-electron chi connectivity index (χ4n) is 4.23. The van der Waals surface area contributed by atoms with Crippen molar-refractivity contribution in [1.29, 1.82) is 0 Å². The summed E-state index contributed by atoms with van der Waals surface area (Å²) in [5, 5.41) is 7.68. The molecule has 0 radical (unpaired) electrons. The average Bonchev–Trinajstić information content (AvgIpc) is 3.32. The highest BCUT2D eigenvalue weighted by Gasteiger charge is 2.54. The lowest BCUT2D eigenvalue weighted by atomic mass is 10.0. The van der Waals surface area contributed by atoms with E-state index in [0.717, 1.165) is 47.9 Å². The number of ether oxygens (including phenoxy) is 1. The molecule has 0 atom stereocenters. The molecule has 1 N–H and O–H groups in total. The van der Waals surface area contributed by atoms with Gasteiger partial charge in [0.15, 0.2) is 17.3 Å². The van der Waals surface area contributed by atoms with Gasteiger partial charge in [0.25, 0.3) is 0 Å². The maximum atomic E-state index is 12.8. The number of Topliss-reactive ketones (excluding diaryl/α,β-unsaturated/α-hetero) is 1. The summed E-state index contributed by atoms with van der Waals surface area (Å²) in [4.78, 5) is 29.6. The molecule has 0 aliphatic heterocycles. The maximum absolute atomic E-state index is 12.8. The van der Waals surface area contributed by atoms with Crippen LogP contribution in [0.3, 0.4) is 0 Å². The predicted molar refractivity (Wildman–Crippen MR) is 112 cm³/mol. The molecule has 2 heterocycles. The predicted octanol–water partition coefficient (Wildman–Crippen LogP) is 3.09. The van der Waals surface area contributed by atoms with E-state index < -0.39 is 5.41 Å². The minimum atomic E-state index is -0.645. The van der Waals surface area contributed by atoms with Crippen LogP contribution in [0.2, 0.25) is 0 Å². The van der Waals surface area contributed by atoms with Crippen molar-refractivity contribution in [2.45, 2.75) is 44.4 Å². The first-order valence-electron chi connectivity index (χ1n) is 10.5. The number of fused-ring (bicyclic) bond motifs is 2. The lowest BCUT2D eigenvalue weighted by Gasteiger charge is -2.10. The molecule has 0 bridgehead atoms. The van der Waals surface area contributed by atoms with E-state index in [9.17, 15) is 9.59 Å². The van der Waals surface area contributed by atoms with Gasteiger partial charge in [-0.15, -0.1) is 5.10 Å². The summed E-state index contributed by atoms with van der Waals surface area (Å²) in [5.41, 5.74) is 3.78. The first-order chi connectivity index (χ1) is 14.6. The normalized spacial score (nSPS) is 16.5. The summed E-state index contributed by atoms with van der Waals surface area (Å²) in [6.45, 7) is 2.68. The van der Waals surface area contributed by atoms with Gasteiger partial charge in [0.05, 0.1) is 7.11 Å².